The summed E-state index contributed by atoms with van der Waals surface area (Å²) in [4.78, 5) is 16.6. The number of nitrogens with zero attached hydrogens (tertiary/aromatic N) is 2. The molecule has 1 N–H and O–H groups in total. The molecule has 0 aliphatic heterocycles. The van der Waals surface area contributed by atoms with Gasteiger partial charge in [-0.05, 0) is 31.9 Å². The van der Waals surface area contributed by atoms with Gasteiger partial charge in [-0.25, -0.2) is 4.98 Å². The molecule has 1 saturated carbocycles. The minimum absolute atomic E-state index is 0.0875. The maximum absolute atomic E-state index is 11.9. The second-order valence-corrected chi connectivity index (χ2v) is 5.36. The van der Waals surface area contributed by atoms with Gasteiger partial charge in [-0.1, -0.05) is 18.2 Å². The Bertz CT molecular complexity index is 655. The maximum Gasteiger partial charge on any atom is 0.223 e. The lowest BCUT2D eigenvalue weighted by molar-refractivity contribution is -0.123. The summed E-state index contributed by atoms with van der Waals surface area (Å²) in [6.07, 6.45) is 3.89. The summed E-state index contributed by atoms with van der Waals surface area (Å²) < 4.78 is 2.11. The molecule has 4 nitrogen and oxygen atoms in total. The van der Waals surface area contributed by atoms with Crippen molar-refractivity contribution in [3.8, 4) is 0 Å². The zero-order chi connectivity index (χ0) is 14.1. The third-order valence-corrected chi connectivity index (χ3v) is 3.69. The minimum atomic E-state index is -0.0875. The standard InChI is InChI=1S/C16H19N3O/c1-3-10-19-14-7-5-4-6-13(14)18-15(19)11(2)17-16(20)12-8-9-12/h3-7,11-12H,1,8-10H2,2H3,(H,17,20). The molecule has 1 fully saturated rings. The average Bonchev–Trinajstić information content (AvgIpc) is 3.23. The van der Waals surface area contributed by atoms with Crippen LogP contribution in [0.25, 0.3) is 11.0 Å². The first-order valence-corrected chi connectivity index (χ1v) is 7.07. The zero-order valence-electron chi connectivity index (χ0n) is 11.7. The van der Waals surface area contributed by atoms with E-state index in [1.807, 2.05) is 37.3 Å². The molecule has 1 atom stereocenters. The fraction of sp³-hybridized carbons (Fsp3) is 0.375. The van der Waals surface area contributed by atoms with Gasteiger partial charge in [-0.2, -0.15) is 0 Å². The molecule has 0 radical (unpaired) electrons. The van der Waals surface area contributed by atoms with E-state index in [-0.39, 0.29) is 17.9 Å². The van der Waals surface area contributed by atoms with Gasteiger partial charge in [-0.15, -0.1) is 6.58 Å². The fourth-order valence-electron chi connectivity index (χ4n) is 2.49. The maximum atomic E-state index is 11.9. The van der Waals surface area contributed by atoms with Crippen LogP contribution in [0.4, 0.5) is 0 Å². The molecule has 1 aliphatic carbocycles. The van der Waals surface area contributed by atoms with Crippen molar-refractivity contribution in [3.05, 3.63) is 42.7 Å². The molecule has 1 aromatic carbocycles. The normalized spacial score (nSPS) is 16.1. The highest BCUT2D eigenvalue weighted by Gasteiger charge is 2.31. The fourth-order valence-corrected chi connectivity index (χ4v) is 2.49. The Morgan fingerprint density at radius 3 is 3.00 bits per heavy atom. The Morgan fingerprint density at radius 2 is 2.30 bits per heavy atom. The number of para-hydroxylation sites is 2. The number of nitrogens with one attached hydrogen (secondary N) is 1. The third kappa shape index (κ3) is 2.33. The van der Waals surface area contributed by atoms with E-state index in [0.717, 1.165) is 29.7 Å². The van der Waals surface area contributed by atoms with Crippen molar-refractivity contribution in [3.63, 3.8) is 0 Å². The van der Waals surface area contributed by atoms with Crippen LogP contribution in [0.2, 0.25) is 0 Å². The Labute approximate surface area is 118 Å². The van der Waals surface area contributed by atoms with Crippen LogP contribution in [-0.2, 0) is 11.3 Å². The molecule has 1 heterocycles. The molecular weight excluding hydrogens is 250 g/mol. The quantitative estimate of drug-likeness (QED) is 0.848. The number of imidazole rings is 1. The predicted molar refractivity (Wildman–Crippen MR) is 79.2 cm³/mol. The average molecular weight is 269 g/mol. The zero-order valence-corrected chi connectivity index (χ0v) is 11.7. The summed E-state index contributed by atoms with van der Waals surface area (Å²) in [6.45, 7) is 6.49. The van der Waals surface area contributed by atoms with Crippen LogP contribution in [0.1, 0.15) is 31.6 Å². The van der Waals surface area contributed by atoms with Crippen molar-refractivity contribution in [2.45, 2.75) is 32.4 Å². The monoisotopic (exact) mass is 269 g/mol. The van der Waals surface area contributed by atoms with Gasteiger partial charge in [0.2, 0.25) is 5.91 Å². The summed E-state index contributed by atoms with van der Waals surface area (Å²) in [7, 11) is 0. The Balaban J connectivity index is 1.93. The lowest BCUT2D eigenvalue weighted by Gasteiger charge is -2.15. The topological polar surface area (TPSA) is 46.9 Å². The van der Waals surface area contributed by atoms with Crippen LogP contribution in [0, 0.1) is 5.92 Å². The van der Waals surface area contributed by atoms with Gasteiger partial charge in [-0.3, -0.25) is 4.79 Å². The van der Waals surface area contributed by atoms with Crippen molar-refractivity contribution in [1.82, 2.24) is 14.9 Å². The van der Waals surface area contributed by atoms with E-state index in [4.69, 9.17) is 0 Å². The summed E-state index contributed by atoms with van der Waals surface area (Å²) >= 11 is 0. The van der Waals surface area contributed by atoms with Crippen molar-refractivity contribution < 1.29 is 4.79 Å². The van der Waals surface area contributed by atoms with Gasteiger partial charge in [0.25, 0.3) is 0 Å². The van der Waals surface area contributed by atoms with Crippen molar-refractivity contribution in [1.29, 1.82) is 0 Å². The number of amides is 1. The molecule has 3 rings (SSSR count). The highest BCUT2D eigenvalue weighted by molar-refractivity contribution is 5.81. The summed E-state index contributed by atoms with van der Waals surface area (Å²) in [5.41, 5.74) is 2.03. The Hall–Kier alpha value is -2.10. The SMILES string of the molecule is C=CCn1c(C(C)NC(=O)C2CC2)nc2ccccc21. The van der Waals surface area contributed by atoms with Gasteiger partial charge in [0.05, 0.1) is 17.1 Å². The second-order valence-electron chi connectivity index (χ2n) is 5.36. The lowest BCUT2D eigenvalue weighted by Crippen LogP contribution is -2.29. The van der Waals surface area contributed by atoms with Gasteiger partial charge >= 0.3 is 0 Å². The number of aromatic nitrogens is 2. The molecule has 1 unspecified atom stereocenters. The van der Waals surface area contributed by atoms with Crippen molar-refractivity contribution in [2.75, 3.05) is 0 Å². The first kappa shape index (κ1) is 12.9. The molecule has 0 saturated heterocycles. The molecule has 1 amide bonds. The largest absolute Gasteiger partial charge is 0.346 e. The molecule has 20 heavy (non-hydrogen) atoms. The van der Waals surface area contributed by atoms with Gasteiger partial charge in [0.1, 0.15) is 5.82 Å². The second kappa shape index (κ2) is 5.12. The van der Waals surface area contributed by atoms with E-state index < -0.39 is 0 Å². The summed E-state index contributed by atoms with van der Waals surface area (Å²) in [6, 6.07) is 7.93. The van der Waals surface area contributed by atoms with Crippen molar-refractivity contribution in [2.24, 2.45) is 5.92 Å². The smallest absolute Gasteiger partial charge is 0.223 e. The Morgan fingerprint density at radius 1 is 1.55 bits per heavy atom. The molecule has 1 aliphatic rings. The van der Waals surface area contributed by atoms with Crippen LogP contribution in [-0.4, -0.2) is 15.5 Å². The number of carbonyl (C=O) groups is 1. The summed E-state index contributed by atoms with van der Waals surface area (Å²) in [5, 5.41) is 3.06. The van der Waals surface area contributed by atoms with Crippen LogP contribution in [0.15, 0.2) is 36.9 Å². The van der Waals surface area contributed by atoms with Crippen LogP contribution in [0.5, 0.6) is 0 Å². The molecule has 0 spiro atoms. The number of rotatable bonds is 5. The number of allylic oxidation sites excluding steroid dienone is 1. The van der Waals surface area contributed by atoms with Crippen molar-refractivity contribution >= 4 is 16.9 Å². The number of benzene rings is 1. The van der Waals surface area contributed by atoms with E-state index in [1.165, 1.54) is 0 Å². The molecule has 0 bridgehead atoms. The van der Waals surface area contributed by atoms with E-state index in [9.17, 15) is 4.79 Å². The van der Waals surface area contributed by atoms with Crippen LogP contribution >= 0.6 is 0 Å². The molecule has 104 valence electrons. The number of hydrogen-bond donors (Lipinski definition) is 1. The molecule has 4 heteroatoms. The van der Waals surface area contributed by atoms with E-state index in [1.54, 1.807) is 0 Å². The summed E-state index contributed by atoms with van der Waals surface area (Å²) in [5.74, 6) is 1.25. The van der Waals surface area contributed by atoms with Gasteiger partial charge in [0.15, 0.2) is 0 Å². The van der Waals surface area contributed by atoms with Crippen LogP contribution < -0.4 is 5.32 Å². The highest BCUT2D eigenvalue weighted by Crippen LogP contribution is 2.30. The van der Waals surface area contributed by atoms with Crippen LogP contribution in [0.3, 0.4) is 0 Å². The number of fused-ring (bicyclic) bond motifs is 1. The minimum Gasteiger partial charge on any atom is -0.346 e. The molecule has 2 aromatic rings. The number of hydrogen-bond acceptors (Lipinski definition) is 2. The first-order chi connectivity index (χ1) is 9.70. The highest BCUT2D eigenvalue weighted by atomic mass is 16.2. The lowest BCUT2D eigenvalue weighted by atomic mass is 10.2. The molecule has 1 aromatic heterocycles. The van der Waals surface area contributed by atoms with E-state index in [2.05, 4.69) is 21.4 Å². The third-order valence-electron chi connectivity index (χ3n) is 3.69. The van der Waals surface area contributed by atoms with E-state index in [0.29, 0.717) is 6.54 Å². The first-order valence-electron chi connectivity index (χ1n) is 7.07. The Kier molecular flexibility index (Phi) is 3.30. The predicted octanol–water partition coefficient (Wildman–Crippen LogP) is 2.81. The van der Waals surface area contributed by atoms with E-state index >= 15 is 0 Å². The molecular formula is C16H19N3O. The van der Waals surface area contributed by atoms with Gasteiger partial charge < -0.3 is 9.88 Å². The van der Waals surface area contributed by atoms with Gasteiger partial charge in [0, 0.05) is 12.5 Å². The number of carbonyl (C=O) groups excluding carboxylic acids is 1.